The molecular formula is C16H12INO2. The molecule has 0 atom stereocenters. The van der Waals surface area contributed by atoms with E-state index >= 15 is 0 Å². The molecule has 0 radical (unpaired) electrons. The number of halogens is 1. The Hall–Kier alpha value is -1.95. The maximum Gasteiger partial charge on any atom is 0.208 e. The van der Waals surface area contributed by atoms with Crippen molar-refractivity contribution in [3.05, 3.63) is 81.1 Å². The van der Waals surface area contributed by atoms with Crippen molar-refractivity contribution >= 4 is 34.2 Å². The molecular weight excluding hydrogens is 365 g/mol. The molecule has 0 spiro atoms. The van der Waals surface area contributed by atoms with Crippen LogP contribution in [0.3, 0.4) is 0 Å². The average molecular weight is 377 g/mol. The Bertz CT molecular complexity index is 661. The van der Waals surface area contributed by atoms with Gasteiger partial charge >= 0.3 is 0 Å². The fourth-order valence-corrected chi connectivity index (χ4v) is 2.02. The molecule has 2 N–H and O–H groups in total. The summed E-state index contributed by atoms with van der Waals surface area (Å²) in [6, 6.07) is 15.7. The summed E-state index contributed by atoms with van der Waals surface area (Å²) < 4.78 is 1.03. The van der Waals surface area contributed by atoms with Crippen LogP contribution in [0, 0.1) is 3.57 Å². The molecule has 0 aliphatic rings. The first-order valence-electron chi connectivity index (χ1n) is 5.95. The lowest BCUT2D eigenvalue weighted by Gasteiger charge is -2.02. The van der Waals surface area contributed by atoms with Gasteiger partial charge in [0.25, 0.3) is 0 Å². The summed E-state index contributed by atoms with van der Waals surface area (Å²) in [5, 5.41) is 0. The third kappa shape index (κ3) is 3.54. The molecule has 0 unspecified atom stereocenters. The molecule has 0 aromatic heterocycles. The third-order valence-corrected chi connectivity index (χ3v) is 3.43. The zero-order valence-electron chi connectivity index (χ0n) is 10.5. The second-order valence-electron chi connectivity index (χ2n) is 4.17. The second kappa shape index (κ2) is 6.47. The molecule has 0 saturated heterocycles. The fraction of sp³-hybridized carbons (Fsp3) is 0. The van der Waals surface area contributed by atoms with Crippen molar-refractivity contribution in [3.63, 3.8) is 0 Å². The van der Waals surface area contributed by atoms with Gasteiger partial charge < -0.3 is 5.73 Å². The van der Waals surface area contributed by atoms with Gasteiger partial charge in [-0.3, -0.25) is 9.59 Å². The summed E-state index contributed by atoms with van der Waals surface area (Å²) in [6.45, 7) is 0. The van der Waals surface area contributed by atoms with Crippen molar-refractivity contribution in [2.24, 2.45) is 5.73 Å². The molecule has 0 amide bonds. The molecule has 0 fully saturated rings. The Labute approximate surface area is 130 Å². The van der Waals surface area contributed by atoms with E-state index in [4.69, 9.17) is 5.73 Å². The van der Waals surface area contributed by atoms with Crippen molar-refractivity contribution in [1.82, 2.24) is 0 Å². The summed E-state index contributed by atoms with van der Waals surface area (Å²) in [5.41, 5.74) is 6.64. The number of hydrogen-bond acceptors (Lipinski definition) is 3. The molecule has 0 saturated carbocycles. The highest BCUT2D eigenvalue weighted by atomic mass is 127. The lowest BCUT2D eigenvalue weighted by atomic mass is 10.1. The van der Waals surface area contributed by atoms with E-state index < -0.39 is 0 Å². The Balaban J connectivity index is 2.20. The van der Waals surface area contributed by atoms with Crippen molar-refractivity contribution in [3.8, 4) is 0 Å². The standard InChI is InChI=1S/C16H12INO2/c17-13-8-6-12(7-9-13)16(20)14(18)10-15(19)11-4-2-1-3-5-11/h1-10H,18H2. The van der Waals surface area contributed by atoms with Gasteiger partial charge in [-0.1, -0.05) is 30.3 Å². The lowest BCUT2D eigenvalue weighted by molar-refractivity contribution is 0.101. The topological polar surface area (TPSA) is 60.2 Å². The number of carbonyl (C=O) groups excluding carboxylic acids is 2. The van der Waals surface area contributed by atoms with Gasteiger partial charge in [-0.2, -0.15) is 0 Å². The summed E-state index contributed by atoms with van der Waals surface area (Å²) >= 11 is 2.15. The molecule has 0 bridgehead atoms. The smallest absolute Gasteiger partial charge is 0.208 e. The van der Waals surface area contributed by atoms with Crippen LogP contribution in [-0.2, 0) is 0 Å². The van der Waals surface area contributed by atoms with Gasteiger partial charge in [0.05, 0.1) is 5.70 Å². The number of benzene rings is 2. The number of Topliss-reactive ketones (excluding diaryl/α,β-unsaturated/α-hetero) is 1. The first-order valence-corrected chi connectivity index (χ1v) is 7.02. The van der Waals surface area contributed by atoms with Gasteiger partial charge in [0, 0.05) is 20.8 Å². The normalized spacial score (nSPS) is 11.2. The van der Waals surface area contributed by atoms with Crippen molar-refractivity contribution in [2.45, 2.75) is 0 Å². The van der Waals surface area contributed by atoms with Crippen LogP contribution in [0.5, 0.6) is 0 Å². The first-order chi connectivity index (χ1) is 9.58. The first kappa shape index (κ1) is 14.5. The maximum atomic E-state index is 12.1. The summed E-state index contributed by atoms with van der Waals surface area (Å²) in [5.74, 6) is -0.618. The quantitative estimate of drug-likeness (QED) is 0.506. The Morgan fingerprint density at radius 3 is 2.10 bits per heavy atom. The minimum absolute atomic E-state index is 0.0555. The minimum atomic E-state index is -0.342. The van der Waals surface area contributed by atoms with Crippen LogP contribution in [-0.4, -0.2) is 11.6 Å². The SMILES string of the molecule is NC(=CC(=O)c1ccccc1)C(=O)c1ccc(I)cc1. The minimum Gasteiger partial charge on any atom is -0.395 e. The number of nitrogens with two attached hydrogens (primary N) is 1. The highest BCUT2D eigenvalue weighted by Crippen LogP contribution is 2.10. The lowest BCUT2D eigenvalue weighted by Crippen LogP contribution is -2.13. The molecule has 3 nitrogen and oxygen atoms in total. The van der Waals surface area contributed by atoms with Gasteiger partial charge in [-0.15, -0.1) is 0 Å². The third-order valence-electron chi connectivity index (χ3n) is 2.71. The van der Waals surface area contributed by atoms with Crippen LogP contribution < -0.4 is 5.73 Å². The molecule has 0 aliphatic carbocycles. The fourth-order valence-electron chi connectivity index (χ4n) is 1.66. The summed E-state index contributed by atoms with van der Waals surface area (Å²) in [6.07, 6.45) is 1.18. The molecule has 0 heterocycles. The van der Waals surface area contributed by atoms with Gasteiger partial charge in [0.2, 0.25) is 5.78 Å². The van der Waals surface area contributed by atoms with E-state index in [1.807, 2.05) is 18.2 Å². The summed E-state index contributed by atoms with van der Waals surface area (Å²) in [4.78, 5) is 24.0. The van der Waals surface area contributed by atoms with Gasteiger partial charge in [-0.25, -0.2) is 0 Å². The predicted molar refractivity (Wildman–Crippen MR) is 86.5 cm³/mol. The number of ketones is 2. The van der Waals surface area contributed by atoms with E-state index in [0.29, 0.717) is 11.1 Å². The molecule has 0 aliphatic heterocycles. The van der Waals surface area contributed by atoms with Crippen LogP contribution in [0.2, 0.25) is 0 Å². The van der Waals surface area contributed by atoms with E-state index in [0.717, 1.165) is 3.57 Å². The number of hydrogen-bond donors (Lipinski definition) is 1. The van der Waals surface area contributed by atoms with E-state index in [2.05, 4.69) is 22.6 Å². The van der Waals surface area contributed by atoms with E-state index in [-0.39, 0.29) is 17.3 Å². The molecule has 20 heavy (non-hydrogen) atoms. The maximum absolute atomic E-state index is 12.1. The molecule has 100 valence electrons. The van der Waals surface area contributed by atoms with E-state index in [9.17, 15) is 9.59 Å². The molecule has 4 heteroatoms. The van der Waals surface area contributed by atoms with Crippen LogP contribution in [0.25, 0.3) is 0 Å². The Morgan fingerprint density at radius 1 is 0.900 bits per heavy atom. The zero-order valence-corrected chi connectivity index (χ0v) is 12.7. The Kier molecular flexibility index (Phi) is 4.68. The van der Waals surface area contributed by atoms with Crippen molar-refractivity contribution < 1.29 is 9.59 Å². The number of rotatable bonds is 4. The molecule has 2 rings (SSSR count). The van der Waals surface area contributed by atoms with Gasteiger partial charge in [0.15, 0.2) is 5.78 Å². The van der Waals surface area contributed by atoms with Gasteiger partial charge in [-0.05, 0) is 46.9 Å². The van der Waals surface area contributed by atoms with E-state index in [1.54, 1.807) is 36.4 Å². The van der Waals surface area contributed by atoms with Crippen molar-refractivity contribution in [2.75, 3.05) is 0 Å². The monoisotopic (exact) mass is 377 g/mol. The highest BCUT2D eigenvalue weighted by molar-refractivity contribution is 14.1. The number of carbonyl (C=O) groups is 2. The van der Waals surface area contributed by atoms with Crippen LogP contribution in [0.1, 0.15) is 20.7 Å². The molecule has 2 aromatic carbocycles. The number of allylic oxidation sites excluding steroid dienone is 2. The Morgan fingerprint density at radius 2 is 1.50 bits per heavy atom. The average Bonchev–Trinajstić information content (AvgIpc) is 2.48. The van der Waals surface area contributed by atoms with Crippen LogP contribution in [0.4, 0.5) is 0 Å². The zero-order chi connectivity index (χ0) is 14.5. The van der Waals surface area contributed by atoms with Crippen LogP contribution >= 0.6 is 22.6 Å². The highest BCUT2D eigenvalue weighted by Gasteiger charge is 2.11. The van der Waals surface area contributed by atoms with Gasteiger partial charge in [0.1, 0.15) is 0 Å². The van der Waals surface area contributed by atoms with Crippen LogP contribution in [0.15, 0.2) is 66.4 Å². The largest absolute Gasteiger partial charge is 0.395 e. The molecule has 2 aromatic rings. The predicted octanol–water partition coefficient (Wildman–Crippen LogP) is 3.20. The second-order valence-corrected chi connectivity index (χ2v) is 5.41. The van der Waals surface area contributed by atoms with E-state index in [1.165, 1.54) is 6.08 Å². The summed E-state index contributed by atoms with van der Waals surface area (Å²) in [7, 11) is 0. The van der Waals surface area contributed by atoms with Crippen molar-refractivity contribution in [1.29, 1.82) is 0 Å².